The summed E-state index contributed by atoms with van der Waals surface area (Å²) < 4.78 is 36.3. The molecule has 0 saturated carbocycles. The third-order valence-electron chi connectivity index (χ3n) is 1.78. The molecule has 0 saturated heterocycles. The van der Waals surface area contributed by atoms with Gasteiger partial charge in [-0.1, -0.05) is 6.07 Å². The average molecular weight is 236 g/mol. The van der Waals surface area contributed by atoms with Crippen molar-refractivity contribution in [1.82, 2.24) is 4.98 Å². The summed E-state index contributed by atoms with van der Waals surface area (Å²) in [5.41, 5.74) is -1.13. The van der Waals surface area contributed by atoms with Gasteiger partial charge in [0, 0.05) is 16.7 Å². The molecular formula is C8H7F3N2O3. The van der Waals surface area contributed by atoms with E-state index in [1.54, 1.807) is 0 Å². The molecule has 1 N–H and O–H groups in total. The van der Waals surface area contributed by atoms with Gasteiger partial charge in [-0.3, -0.25) is 15.1 Å². The molecule has 0 unspecified atom stereocenters. The fourth-order valence-corrected chi connectivity index (χ4v) is 1.02. The lowest BCUT2D eigenvalue weighted by Crippen LogP contribution is -2.13. The summed E-state index contributed by atoms with van der Waals surface area (Å²) in [6, 6.07) is 1.63. The predicted molar refractivity (Wildman–Crippen MR) is 46.1 cm³/mol. The molecule has 0 spiro atoms. The van der Waals surface area contributed by atoms with Crippen LogP contribution >= 0.6 is 0 Å². The first-order chi connectivity index (χ1) is 7.30. The number of nitro groups is 1. The molecule has 1 heterocycles. The van der Waals surface area contributed by atoms with Crippen LogP contribution in [0, 0.1) is 10.1 Å². The smallest absolute Gasteiger partial charge is 0.381 e. The quantitative estimate of drug-likeness (QED) is 0.635. The van der Waals surface area contributed by atoms with Crippen molar-refractivity contribution in [3.05, 3.63) is 39.7 Å². The standard InChI is InChI=1S/C8H7F3N2O3/c9-8(10,11)7-2-1-5(3-12-7)6(14)4-13(15)16/h1-3,6,14H,4H2/t6-/m1/s1. The van der Waals surface area contributed by atoms with Crippen LogP contribution in [0.1, 0.15) is 17.4 Å². The molecule has 0 aliphatic heterocycles. The van der Waals surface area contributed by atoms with Gasteiger partial charge in [0.25, 0.3) is 0 Å². The number of hydrogen-bond donors (Lipinski definition) is 1. The lowest BCUT2D eigenvalue weighted by Gasteiger charge is -2.08. The third-order valence-corrected chi connectivity index (χ3v) is 1.78. The molecule has 1 atom stereocenters. The summed E-state index contributed by atoms with van der Waals surface area (Å²) in [6.45, 7) is -0.771. The van der Waals surface area contributed by atoms with Crippen molar-refractivity contribution in [2.75, 3.05) is 6.54 Å². The van der Waals surface area contributed by atoms with Gasteiger partial charge in [0.15, 0.2) is 0 Å². The van der Waals surface area contributed by atoms with Crippen LogP contribution in [0.5, 0.6) is 0 Å². The number of rotatable bonds is 3. The summed E-state index contributed by atoms with van der Waals surface area (Å²) in [7, 11) is 0. The Morgan fingerprint density at radius 2 is 2.12 bits per heavy atom. The Kier molecular flexibility index (Phi) is 3.43. The van der Waals surface area contributed by atoms with E-state index in [0.29, 0.717) is 6.07 Å². The van der Waals surface area contributed by atoms with Crippen molar-refractivity contribution in [2.45, 2.75) is 12.3 Å². The number of nitrogens with zero attached hydrogens (tertiary/aromatic N) is 2. The molecule has 0 bridgehead atoms. The Balaban J connectivity index is 2.83. The van der Waals surface area contributed by atoms with Gasteiger partial charge in [0.2, 0.25) is 6.54 Å². The second kappa shape index (κ2) is 4.44. The Morgan fingerprint density at radius 3 is 2.50 bits per heavy atom. The van der Waals surface area contributed by atoms with Gasteiger partial charge in [0.05, 0.1) is 0 Å². The monoisotopic (exact) mass is 236 g/mol. The molecule has 0 aliphatic rings. The number of pyridine rings is 1. The Morgan fingerprint density at radius 1 is 1.50 bits per heavy atom. The molecular weight excluding hydrogens is 229 g/mol. The first-order valence-electron chi connectivity index (χ1n) is 4.13. The highest BCUT2D eigenvalue weighted by Gasteiger charge is 2.32. The van der Waals surface area contributed by atoms with E-state index in [-0.39, 0.29) is 5.56 Å². The lowest BCUT2D eigenvalue weighted by molar-refractivity contribution is -0.491. The number of alkyl halides is 3. The molecule has 8 heteroatoms. The van der Waals surface area contributed by atoms with E-state index in [1.165, 1.54) is 0 Å². The van der Waals surface area contributed by atoms with Crippen LogP contribution in [0.15, 0.2) is 18.3 Å². The van der Waals surface area contributed by atoms with Crippen LogP contribution in [0.25, 0.3) is 0 Å². The number of aliphatic hydroxyl groups excluding tert-OH is 1. The minimum atomic E-state index is -4.56. The molecule has 16 heavy (non-hydrogen) atoms. The van der Waals surface area contributed by atoms with Crippen molar-refractivity contribution in [1.29, 1.82) is 0 Å². The van der Waals surface area contributed by atoms with E-state index in [4.69, 9.17) is 0 Å². The summed E-state index contributed by atoms with van der Waals surface area (Å²) in [6.07, 6.45) is -5.24. The van der Waals surface area contributed by atoms with Crippen LogP contribution < -0.4 is 0 Å². The normalized spacial score (nSPS) is 13.5. The van der Waals surface area contributed by atoms with E-state index in [1.807, 2.05) is 0 Å². The second-order valence-corrected chi connectivity index (χ2v) is 3.01. The third kappa shape index (κ3) is 3.16. The zero-order valence-electron chi connectivity index (χ0n) is 7.81. The number of hydrogen-bond acceptors (Lipinski definition) is 4. The second-order valence-electron chi connectivity index (χ2n) is 3.01. The largest absolute Gasteiger partial charge is 0.433 e. The van der Waals surface area contributed by atoms with Gasteiger partial charge < -0.3 is 5.11 Å². The number of halogens is 3. The molecule has 88 valence electrons. The van der Waals surface area contributed by atoms with Crippen molar-refractivity contribution in [3.63, 3.8) is 0 Å². The average Bonchev–Trinajstić information content (AvgIpc) is 2.15. The SMILES string of the molecule is O=[N+]([O-])C[C@@H](O)c1ccc(C(F)(F)F)nc1. The van der Waals surface area contributed by atoms with Crippen molar-refractivity contribution < 1.29 is 23.2 Å². The molecule has 0 aromatic carbocycles. The minimum Gasteiger partial charge on any atom is -0.381 e. The fraction of sp³-hybridized carbons (Fsp3) is 0.375. The van der Waals surface area contributed by atoms with Gasteiger partial charge in [-0.05, 0) is 6.07 Å². The Hall–Kier alpha value is -1.70. The van der Waals surface area contributed by atoms with E-state index >= 15 is 0 Å². The first-order valence-corrected chi connectivity index (χ1v) is 4.13. The van der Waals surface area contributed by atoms with E-state index in [9.17, 15) is 28.4 Å². The highest BCUT2D eigenvalue weighted by molar-refractivity contribution is 5.18. The zero-order valence-corrected chi connectivity index (χ0v) is 7.81. The van der Waals surface area contributed by atoms with E-state index in [0.717, 1.165) is 12.3 Å². The van der Waals surface area contributed by atoms with Crippen molar-refractivity contribution >= 4 is 0 Å². The highest BCUT2D eigenvalue weighted by Crippen LogP contribution is 2.27. The Bertz CT molecular complexity index is 377. The van der Waals surface area contributed by atoms with Crippen LogP contribution in [-0.2, 0) is 6.18 Å². The number of aromatic nitrogens is 1. The van der Waals surface area contributed by atoms with Crippen LogP contribution in [0.3, 0.4) is 0 Å². The van der Waals surface area contributed by atoms with Crippen molar-refractivity contribution in [2.24, 2.45) is 0 Å². The van der Waals surface area contributed by atoms with Crippen LogP contribution in [0.2, 0.25) is 0 Å². The highest BCUT2D eigenvalue weighted by atomic mass is 19.4. The van der Waals surface area contributed by atoms with Gasteiger partial charge in [-0.25, -0.2) is 0 Å². The van der Waals surface area contributed by atoms with Crippen LogP contribution in [-0.4, -0.2) is 21.6 Å². The molecule has 5 nitrogen and oxygen atoms in total. The predicted octanol–water partition coefficient (Wildman–Crippen LogP) is 1.41. The van der Waals surface area contributed by atoms with E-state index in [2.05, 4.69) is 4.98 Å². The lowest BCUT2D eigenvalue weighted by atomic mass is 10.1. The van der Waals surface area contributed by atoms with Gasteiger partial charge >= 0.3 is 6.18 Å². The number of aliphatic hydroxyl groups is 1. The summed E-state index contributed by atoms with van der Waals surface area (Å²) >= 11 is 0. The molecule has 1 rings (SSSR count). The molecule has 0 radical (unpaired) electrons. The fourth-order valence-electron chi connectivity index (χ4n) is 1.02. The van der Waals surface area contributed by atoms with Crippen LogP contribution in [0.4, 0.5) is 13.2 Å². The summed E-state index contributed by atoms with van der Waals surface area (Å²) in [5.74, 6) is 0. The van der Waals surface area contributed by atoms with Gasteiger partial charge in [0.1, 0.15) is 11.8 Å². The minimum absolute atomic E-state index is 0.0234. The van der Waals surface area contributed by atoms with Gasteiger partial charge in [-0.15, -0.1) is 0 Å². The maximum atomic E-state index is 12.1. The summed E-state index contributed by atoms with van der Waals surface area (Å²) in [5, 5.41) is 19.3. The molecule has 0 fully saturated rings. The van der Waals surface area contributed by atoms with Crippen molar-refractivity contribution in [3.8, 4) is 0 Å². The Labute approximate surface area is 87.7 Å². The van der Waals surface area contributed by atoms with E-state index < -0.39 is 29.4 Å². The maximum Gasteiger partial charge on any atom is 0.433 e. The molecule has 1 aromatic heterocycles. The molecule has 1 aromatic rings. The zero-order chi connectivity index (χ0) is 12.3. The molecule has 0 amide bonds. The first kappa shape index (κ1) is 12.4. The van der Waals surface area contributed by atoms with Gasteiger partial charge in [-0.2, -0.15) is 13.2 Å². The topological polar surface area (TPSA) is 76.3 Å². The molecule has 0 aliphatic carbocycles. The summed E-state index contributed by atoms with van der Waals surface area (Å²) in [4.78, 5) is 12.4. The maximum absolute atomic E-state index is 12.1.